The van der Waals surface area contributed by atoms with Crippen molar-refractivity contribution in [3.05, 3.63) is 60.2 Å². The van der Waals surface area contributed by atoms with Crippen molar-refractivity contribution in [2.24, 2.45) is 4.99 Å². The van der Waals surface area contributed by atoms with Crippen LogP contribution in [-0.4, -0.2) is 34.9 Å². The number of thioether (sulfide) groups is 1. The van der Waals surface area contributed by atoms with Crippen molar-refractivity contribution < 1.29 is 9.53 Å². The van der Waals surface area contributed by atoms with E-state index >= 15 is 0 Å². The van der Waals surface area contributed by atoms with E-state index in [0.717, 1.165) is 17.9 Å². The summed E-state index contributed by atoms with van der Waals surface area (Å²) in [6.45, 7) is 0.508. The number of nitriles is 1. The molecule has 6 heteroatoms. The normalized spacial score (nSPS) is 15.6. The molecule has 25 heavy (non-hydrogen) atoms. The fourth-order valence-corrected chi connectivity index (χ4v) is 3.37. The fraction of sp³-hybridized carbons (Fsp3) is 0.211. The molecule has 0 aliphatic carbocycles. The van der Waals surface area contributed by atoms with Crippen LogP contribution in [0.3, 0.4) is 0 Å². The quantitative estimate of drug-likeness (QED) is 0.844. The van der Waals surface area contributed by atoms with Crippen molar-refractivity contribution in [3.8, 4) is 11.8 Å². The number of hydrogen-bond donors (Lipinski definition) is 0. The van der Waals surface area contributed by atoms with Crippen LogP contribution in [0.4, 0.5) is 5.69 Å². The van der Waals surface area contributed by atoms with Crippen LogP contribution in [0.25, 0.3) is 0 Å². The molecule has 126 valence electrons. The number of para-hydroxylation sites is 2. The Bertz CT molecular complexity index is 815. The van der Waals surface area contributed by atoms with Crippen LogP contribution < -0.4 is 4.74 Å². The van der Waals surface area contributed by atoms with Gasteiger partial charge in [0.2, 0.25) is 0 Å². The number of amides is 1. The molecule has 0 atom stereocenters. The van der Waals surface area contributed by atoms with E-state index in [2.05, 4.69) is 11.1 Å². The summed E-state index contributed by atoms with van der Waals surface area (Å²) in [6.07, 6.45) is 0.916. The zero-order chi connectivity index (χ0) is 17.5. The Morgan fingerprint density at radius 3 is 2.76 bits per heavy atom. The summed E-state index contributed by atoms with van der Waals surface area (Å²) in [5.74, 6) is 1.20. The van der Waals surface area contributed by atoms with Crippen molar-refractivity contribution in [2.45, 2.75) is 6.42 Å². The minimum absolute atomic E-state index is 0.118. The van der Waals surface area contributed by atoms with E-state index in [1.54, 1.807) is 40.9 Å². The lowest BCUT2D eigenvalue weighted by atomic mass is 10.2. The second kappa shape index (κ2) is 8.36. The molecule has 1 aliphatic heterocycles. The Morgan fingerprint density at radius 1 is 1.20 bits per heavy atom. The van der Waals surface area contributed by atoms with Crippen LogP contribution in [0, 0.1) is 11.3 Å². The highest BCUT2D eigenvalue weighted by Gasteiger charge is 2.24. The molecule has 5 nitrogen and oxygen atoms in total. The molecule has 1 amide bonds. The number of amidine groups is 1. The Labute approximate surface area is 150 Å². The molecule has 0 unspecified atom stereocenters. The number of aliphatic imine (C=N–C) groups is 1. The molecule has 2 aromatic carbocycles. The first kappa shape index (κ1) is 17.1. The van der Waals surface area contributed by atoms with E-state index in [0.29, 0.717) is 23.0 Å². The topological polar surface area (TPSA) is 65.7 Å². The maximum atomic E-state index is 12.6. The molecule has 2 aromatic rings. The molecule has 1 fully saturated rings. The Hall–Kier alpha value is -2.78. The summed E-state index contributed by atoms with van der Waals surface area (Å²) in [4.78, 5) is 18.8. The minimum Gasteiger partial charge on any atom is -0.482 e. The lowest BCUT2D eigenvalue weighted by Gasteiger charge is -2.27. The summed E-state index contributed by atoms with van der Waals surface area (Å²) in [6, 6.07) is 18.5. The number of carbonyl (C=O) groups excluding carboxylic acids is 1. The van der Waals surface area contributed by atoms with Gasteiger partial charge in [-0.2, -0.15) is 5.26 Å². The van der Waals surface area contributed by atoms with Gasteiger partial charge in [-0.3, -0.25) is 9.69 Å². The first-order chi connectivity index (χ1) is 12.3. The molecule has 0 spiro atoms. The average molecular weight is 351 g/mol. The van der Waals surface area contributed by atoms with Gasteiger partial charge in [-0.1, -0.05) is 42.1 Å². The van der Waals surface area contributed by atoms with Crippen LogP contribution in [0.15, 0.2) is 59.6 Å². The molecule has 0 saturated carbocycles. The highest BCUT2D eigenvalue weighted by atomic mass is 32.2. The number of nitrogens with zero attached hydrogens (tertiary/aromatic N) is 3. The van der Waals surface area contributed by atoms with E-state index in [1.807, 2.05) is 30.3 Å². The summed E-state index contributed by atoms with van der Waals surface area (Å²) >= 11 is 1.57. The predicted molar refractivity (Wildman–Crippen MR) is 99.0 cm³/mol. The Morgan fingerprint density at radius 2 is 1.96 bits per heavy atom. The largest absolute Gasteiger partial charge is 0.482 e. The molecule has 0 N–H and O–H groups in total. The summed E-state index contributed by atoms with van der Waals surface area (Å²) in [7, 11) is 0. The van der Waals surface area contributed by atoms with Gasteiger partial charge in [0, 0.05) is 12.3 Å². The molecule has 1 aliphatic rings. The fourth-order valence-electron chi connectivity index (χ4n) is 2.40. The zero-order valence-corrected chi connectivity index (χ0v) is 14.4. The van der Waals surface area contributed by atoms with Gasteiger partial charge in [0.25, 0.3) is 5.91 Å². The zero-order valence-electron chi connectivity index (χ0n) is 13.6. The first-order valence-electron chi connectivity index (χ1n) is 7.97. The number of carbonyl (C=O) groups is 1. The minimum atomic E-state index is -0.158. The molecular formula is C19H17N3O2S. The third-order valence-electron chi connectivity index (χ3n) is 3.63. The highest BCUT2D eigenvalue weighted by molar-refractivity contribution is 8.13. The second-order valence-corrected chi connectivity index (χ2v) is 6.44. The van der Waals surface area contributed by atoms with Crippen LogP contribution in [0.1, 0.15) is 12.0 Å². The molecule has 0 bridgehead atoms. The number of ether oxygens (including phenoxy) is 1. The third kappa shape index (κ3) is 4.40. The maximum absolute atomic E-state index is 12.6. The van der Waals surface area contributed by atoms with E-state index in [1.165, 1.54) is 0 Å². The molecule has 0 radical (unpaired) electrons. The lowest BCUT2D eigenvalue weighted by molar-refractivity contribution is -0.129. The van der Waals surface area contributed by atoms with Crippen molar-refractivity contribution in [2.75, 3.05) is 18.9 Å². The van der Waals surface area contributed by atoms with Crippen molar-refractivity contribution >= 4 is 28.5 Å². The lowest BCUT2D eigenvalue weighted by Crippen LogP contribution is -2.41. The monoisotopic (exact) mass is 351 g/mol. The Kier molecular flexibility index (Phi) is 5.70. The average Bonchev–Trinajstić information content (AvgIpc) is 2.67. The van der Waals surface area contributed by atoms with Gasteiger partial charge in [-0.05, 0) is 30.7 Å². The first-order valence-corrected chi connectivity index (χ1v) is 8.95. The van der Waals surface area contributed by atoms with Gasteiger partial charge >= 0.3 is 0 Å². The SMILES string of the molecule is N#Cc1ccccc1OCC(=O)N1CCCSC1=Nc1ccccc1. The number of hydrogen-bond acceptors (Lipinski definition) is 5. The summed E-state index contributed by atoms with van der Waals surface area (Å²) < 4.78 is 5.56. The third-order valence-corrected chi connectivity index (χ3v) is 4.69. The van der Waals surface area contributed by atoms with E-state index in [-0.39, 0.29) is 12.5 Å². The van der Waals surface area contributed by atoms with Crippen LogP contribution in [0.2, 0.25) is 0 Å². The molecule has 1 heterocycles. The van der Waals surface area contributed by atoms with Gasteiger partial charge in [-0.15, -0.1) is 0 Å². The molecular weight excluding hydrogens is 334 g/mol. The van der Waals surface area contributed by atoms with Crippen molar-refractivity contribution in [3.63, 3.8) is 0 Å². The standard InChI is InChI=1S/C19H17N3O2S/c20-13-15-7-4-5-10-17(15)24-14-18(23)22-11-6-12-25-19(22)21-16-8-2-1-3-9-16/h1-5,7-10H,6,11-12,14H2. The number of benzene rings is 2. The van der Waals surface area contributed by atoms with E-state index in [4.69, 9.17) is 10.00 Å². The van der Waals surface area contributed by atoms with Gasteiger partial charge in [0.15, 0.2) is 11.8 Å². The predicted octanol–water partition coefficient (Wildman–Crippen LogP) is 3.59. The smallest absolute Gasteiger partial charge is 0.266 e. The number of rotatable bonds is 4. The second-order valence-electron chi connectivity index (χ2n) is 5.37. The van der Waals surface area contributed by atoms with Crippen molar-refractivity contribution in [1.82, 2.24) is 4.90 Å². The van der Waals surface area contributed by atoms with Gasteiger partial charge in [0.05, 0.1) is 11.3 Å². The van der Waals surface area contributed by atoms with Gasteiger partial charge in [0.1, 0.15) is 11.8 Å². The summed E-state index contributed by atoms with van der Waals surface area (Å²) in [5, 5.41) is 9.78. The van der Waals surface area contributed by atoms with Crippen LogP contribution in [-0.2, 0) is 4.79 Å². The van der Waals surface area contributed by atoms with Gasteiger partial charge < -0.3 is 4.74 Å². The maximum Gasteiger partial charge on any atom is 0.266 e. The summed E-state index contributed by atoms with van der Waals surface area (Å²) in [5.41, 5.74) is 1.24. The molecule has 1 saturated heterocycles. The Balaban J connectivity index is 1.71. The van der Waals surface area contributed by atoms with Crippen molar-refractivity contribution in [1.29, 1.82) is 5.26 Å². The van der Waals surface area contributed by atoms with Gasteiger partial charge in [-0.25, -0.2) is 4.99 Å². The van der Waals surface area contributed by atoms with E-state index < -0.39 is 0 Å². The van der Waals surface area contributed by atoms with Crippen LogP contribution >= 0.6 is 11.8 Å². The molecule has 3 rings (SSSR count). The van der Waals surface area contributed by atoms with Crippen LogP contribution in [0.5, 0.6) is 5.75 Å². The van der Waals surface area contributed by atoms with E-state index in [9.17, 15) is 4.79 Å². The molecule has 0 aromatic heterocycles. The highest BCUT2D eigenvalue weighted by Crippen LogP contribution is 2.23.